The van der Waals surface area contributed by atoms with Crippen LogP contribution in [0.2, 0.25) is 0 Å². The second-order valence-electron chi connectivity index (χ2n) is 2.37. The SMILES string of the molecule is NC1CS(O)(O)CC1O. The normalized spacial score (nSPS) is 44.9. The number of nitrogens with two attached hydrogens (primary N) is 1. The Morgan fingerprint density at radius 1 is 1.33 bits per heavy atom. The van der Waals surface area contributed by atoms with E-state index in [9.17, 15) is 0 Å². The summed E-state index contributed by atoms with van der Waals surface area (Å²) in [7, 11) is -2.52. The van der Waals surface area contributed by atoms with Crippen molar-refractivity contribution in [2.75, 3.05) is 11.5 Å². The first-order valence-corrected chi connectivity index (χ1v) is 4.57. The Bertz CT molecular complexity index is 106. The monoisotopic (exact) mass is 153 g/mol. The van der Waals surface area contributed by atoms with Crippen LogP contribution in [0.1, 0.15) is 0 Å². The van der Waals surface area contributed by atoms with Gasteiger partial charge in [0, 0.05) is 6.04 Å². The lowest BCUT2D eigenvalue weighted by Gasteiger charge is -2.25. The number of hydrogen-bond acceptors (Lipinski definition) is 4. The van der Waals surface area contributed by atoms with E-state index in [-0.39, 0.29) is 11.5 Å². The largest absolute Gasteiger partial charge is 0.390 e. The molecule has 9 heavy (non-hydrogen) atoms. The number of rotatable bonds is 0. The third-order valence-corrected chi connectivity index (χ3v) is 3.19. The van der Waals surface area contributed by atoms with E-state index < -0.39 is 22.7 Å². The summed E-state index contributed by atoms with van der Waals surface area (Å²) in [5, 5.41) is 8.91. The summed E-state index contributed by atoms with van der Waals surface area (Å²) in [6, 6.07) is -0.449. The Kier molecular flexibility index (Phi) is 1.71. The molecule has 0 spiro atoms. The predicted molar refractivity (Wildman–Crippen MR) is 36.6 cm³/mol. The molecule has 0 radical (unpaired) electrons. The summed E-state index contributed by atoms with van der Waals surface area (Å²) < 4.78 is 17.9. The molecule has 0 aliphatic carbocycles. The molecule has 0 bridgehead atoms. The van der Waals surface area contributed by atoms with Crippen molar-refractivity contribution in [3.05, 3.63) is 0 Å². The van der Waals surface area contributed by atoms with Crippen LogP contribution >= 0.6 is 10.6 Å². The fourth-order valence-corrected chi connectivity index (χ4v) is 2.65. The van der Waals surface area contributed by atoms with Gasteiger partial charge in [-0.1, -0.05) is 0 Å². The van der Waals surface area contributed by atoms with Crippen LogP contribution in [-0.2, 0) is 0 Å². The van der Waals surface area contributed by atoms with Crippen molar-refractivity contribution in [1.29, 1.82) is 0 Å². The molecular formula is C4H11NO3S. The molecule has 0 amide bonds. The Hall–Kier alpha value is 0.190. The molecule has 2 atom stereocenters. The van der Waals surface area contributed by atoms with Crippen LogP contribution < -0.4 is 5.73 Å². The smallest absolute Gasteiger partial charge is 0.0879 e. The van der Waals surface area contributed by atoms with E-state index in [0.717, 1.165) is 0 Å². The molecule has 1 heterocycles. The van der Waals surface area contributed by atoms with Gasteiger partial charge in [0.1, 0.15) is 0 Å². The van der Waals surface area contributed by atoms with Crippen LogP contribution in [0, 0.1) is 0 Å². The van der Waals surface area contributed by atoms with E-state index in [1.807, 2.05) is 0 Å². The van der Waals surface area contributed by atoms with Crippen molar-refractivity contribution in [1.82, 2.24) is 0 Å². The minimum absolute atomic E-state index is 0.0498. The molecule has 4 nitrogen and oxygen atoms in total. The zero-order chi connectivity index (χ0) is 7.07. The maximum Gasteiger partial charge on any atom is 0.0879 e. The van der Waals surface area contributed by atoms with Crippen LogP contribution in [0.3, 0.4) is 0 Å². The summed E-state index contributed by atoms with van der Waals surface area (Å²) in [6.07, 6.45) is -0.727. The highest BCUT2D eigenvalue weighted by Crippen LogP contribution is 2.44. The zero-order valence-electron chi connectivity index (χ0n) is 4.90. The van der Waals surface area contributed by atoms with Crippen LogP contribution in [0.5, 0.6) is 0 Å². The second kappa shape index (κ2) is 2.10. The van der Waals surface area contributed by atoms with E-state index in [0.29, 0.717) is 0 Å². The maximum atomic E-state index is 8.93. The highest BCUT2D eigenvalue weighted by Gasteiger charge is 2.33. The van der Waals surface area contributed by atoms with Gasteiger partial charge >= 0.3 is 0 Å². The molecule has 0 aromatic heterocycles. The van der Waals surface area contributed by atoms with Crippen molar-refractivity contribution >= 4 is 10.6 Å². The molecule has 0 aromatic rings. The van der Waals surface area contributed by atoms with Crippen molar-refractivity contribution in [2.45, 2.75) is 12.1 Å². The van der Waals surface area contributed by atoms with Crippen molar-refractivity contribution < 1.29 is 14.2 Å². The van der Waals surface area contributed by atoms with Gasteiger partial charge in [0.2, 0.25) is 0 Å². The quantitative estimate of drug-likeness (QED) is 0.375. The van der Waals surface area contributed by atoms with Crippen LogP contribution in [0.4, 0.5) is 0 Å². The van der Waals surface area contributed by atoms with Gasteiger partial charge in [-0.25, -0.2) is 0 Å². The van der Waals surface area contributed by atoms with Gasteiger partial charge in [-0.3, -0.25) is 9.11 Å². The fourth-order valence-electron chi connectivity index (χ4n) is 0.884. The number of aliphatic hydroxyl groups is 1. The van der Waals surface area contributed by atoms with Crippen LogP contribution in [0.25, 0.3) is 0 Å². The summed E-state index contributed by atoms with van der Waals surface area (Å²) in [4.78, 5) is 0. The van der Waals surface area contributed by atoms with Gasteiger partial charge in [-0.2, -0.15) is 10.6 Å². The minimum atomic E-state index is -2.52. The van der Waals surface area contributed by atoms with Crippen molar-refractivity contribution in [3.8, 4) is 0 Å². The molecule has 1 fully saturated rings. The first kappa shape index (κ1) is 7.30. The zero-order valence-corrected chi connectivity index (χ0v) is 5.71. The lowest BCUT2D eigenvalue weighted by Crippen LogP contribution is -2.32. The molecular weight excluding hydrogens is 142 g/mol. The molecule has 0 aromatic carbocycles. The number of hydrogen-bond donors (Lipinski definition) is 4. The first-order valence-electron chi connectivity index (χ1n) is 2.68. The summed E-state index contributed by atoms with van der Waals surface area (Å²) in [5.41, 5.74) is 5.30. The van der Waals surface area contributed by atoms with E-state index >= 15 is 0 Å². The topological polar surface area (TPSA) is 86.7 Å². The summed E-state index contributed by atoms with van der Waals surface area (Å²) >= 11 is 0. The van der Waals surface area contributed by atoms with Crippen molar-refractivity contribution in [2.24, 2.45) is 5.73 Å². The van der Waals surface area contributed by atoms with Crippen LogP contribution in [-0.4, -0.2) is 37.9 Å². The van der Waals surface area contributed by atoms with Gasteiger partial charge in [-0.05, 0) is 0 Å². The van der Waals surface area contributed by atoms with Gasteiger partial charge in [0.05, 0.1) is 17.6 Å². The molecule has 1 aliphatic rings. The van der Waals surface area contributed by atoms with Gasteiger partial charge in [-0.15, -0.1) is 0 Å². The fraction of sp³-hybridized carbons (Fsp3) is 1.00. The Morgan fingerprint density at radius 2 is 1.89 bits per heavy atom. The first-order chi connectivity index (χ1) is 4.01. The lowest BCUT2D eigenvalue weighted by atomic mass is 10.2. The highest BCUT2D eigenvalue weighted by molar-refractivity contribution is 8.24. The standard InChI is InChI=1S/C4H11NO3S/c5-3-1-9(7,8)2-4(3)6/h3-4,6-8H,1-2,5H2. The molecule has 1 saturated heterocycles. The molecule has 5 N–H and O–H groups in total. The summed E-state index contributed by atoms with van der Waals surface area (Å²) in [5.74, 6) is 0.197. The summed E-state index contributed by atoms with van der Waals surface area (Å²) in [6.45, 7) is 0. The van der Waals surface area contributed by atoms with Gasteiger partial charge < -0.3 is 10.8 Å². The molecule has 1 rings (SSSR count). The Balaban J connectivity index is 2.54. The highest BCUT2D eigenvalue weighted by atomic mass is 32.3. The third kappa shape index (κ3) is 1.56. The second-order valence-corrected chi connectivity index (χ2v) is 4.64. The molecule has 0 saturated carbocycles. The molecule has 5 heteroatoms. The number of aliphatic hydroxyl groups excluding tert-OH is 1. The van der Waals surface area contributed by atoms with Crippen molar-refractivity contribution in [3.63, 3.8) is 0 Å². The van der Waals surface area contributed by atoms with E-state index in [4.69, 9.17) is 19.9 Å². The Morgan fingerprint density at radius 3 is 2.00 bits per heavy atom. The third-order valence-electron chi connectivity index (χ3n) is 1.39. The van der Waals surface area contributed by atoms with Gasteiger partial charge in [0.15, 0.2) is 0 Å². The van der Waals surface area contributed by atoms with Gasteiger partial charge in [0.25, 0.3) is 0 Å². The van der Waals surface area contributed by atoms with Crippen LogP contribution in [0.15, 0.2) is 0 Å². The van der Waals surface area contributed by atoms with E-state index in [1.165, 1.54) is 0 Å². The maximum absolute atomic E-state index is 8.93. The Labute approximate surface area is 55.0 Å². The average Bonchev–Trinajstić information content (AvgIpc) is 1.79. The minimum Gasteiger partial charge on any atom is -0.390 e. The molecule has 1 aliphatic heterocycles. The molecule has 2 unspecified atom stereocenters. The predicted octanol–water partition coefficient (Wildman–Crippen LogP) is -0.561. The average molecular weight is 153 g/mol. The van der Waals surface area contributed by atoms with E-state index in [1.54, 1.807) is 0 Å². The molecule has 56 valence electrons. The van der Waals surface area contributed by atoms with E-state index in [2.05, 4.69) is 0 Å². The lowest BCUT2D eigenvalue weighted by molar-refractivity contribution is 0.183.